The Labute approximate surface area is 116 Å². The van der Waals surface area contributed by atoms with Crippen LogP contribution in [-0.4, -0.2) is 23.4 Å². The number of nitrogens with two attached hydrogens (primary N) is 1. The summed E-state index contributed by atoms with van der Waals surface area (Å²) in [5, 5.41) is 0. The molecule has 0 aliphatic carbocycles. The Kier molecular flexibility index (Phi) is 6.57. The number of unbranched alkanes of at least 4 members (excludes halogenated alkanes) is 2. The largest absolute Gasteiger partial charge is 0.336 e. The van der Waals surface area contributed by atoms with E-state index in [1.807, 2.05) is 29.2 Å². The molecule has 0 aromatic heterocycles. The highest BCUT2D eigenvalue weighted by Gasteiger charge is 2.18. The molecular formula is C16H26N2O. The van der Waals surface area contributed by atoms with Crippen LogP contribution >= 0.6 is 0 Å². The predicted octanol–water partition coefficient (Wildman–Crippen LogP) is 3.19. The third-order valence-electron chi connectivity index (χ3n) is 3.30. The van der Waals surface area contributed by atoms with E-state index in [9.17, 15) is 4.79 Å². The molecule has 0 aliphatic heterocycles. The molecule has 0 saturated heterocycles. The Morgan fingerprint density at radius 1 is 1.32 bits per heavy atom. The first-order chi connectivity index (χ1) is 9.10. The average molecular weight is 262 g/mol. The zero-order chi connectivity index (χ0) is 14.3. The summed E-state index contributed by atoms with van der Waals surface area (Å²) in [5.41, 5.74) is 7.37. The van der Waals surface area contributed by atoms with Crippen molar-refractivity contribution in [3.8, 4) is 0 Å². The molecule has 1 rings (SSSR count). The van der Waals surface area contributed by atoms with Gasteiger partial charge in [-0.1, -0.05) is 31.9 Å². The van der Waals surface area contributed by atoms with Gasteiger partial charge in [0.05, 0.1) is 0 Å². The third kappa shape index (κ3) is 4.67. The minimum Gasteiger partial charge on any atom is -0.336 e. The fourth-order valence-corrected chi connectivity index (χ4v) is 2.12. The van der Waals surface area contributed by atoms with E-state index < -0.39 is 0 Å². The van der Waals surface area contributed by atoms with Gasteiger partial charge in [0.15, 0.2) is 0 Å². The summed E-state index contributed by atoms with van der Waals surface area (Å²) < 4.78 is 0. The first kappa shape index (κ1) is 15.7. The molecule has 0 bridgehead atoms. The van der Waals surface area contributed by atoms with Gasteiger partial charge in [-0.2, -0.15) is 0 Å². The van der Waals surface area contributed by atoms with Gasteiger partial charge in [-0.05, 0) is 38.0 Å². The molecule has 0 atom stereocenters. The summed E-state index contributed by atoms with van der Waals surface area (Å²) >= 11 is 0. The van der Waals surface area contributed by atoms with Gasteiger partial charge in [0.25, 0.3) is 5.91 Å². The topological polar surface area (TPSA) is 46.3 Å². The van der Waals surface area contributed by atoms with Crippen LogP contribution in [0.15, 0.2) is 24.3 Å². The van der Waals surface area contributed by atoms with E-state index in [1.54, 1.807) is 0 Å². The summed E-state index contributed by atoms with van der Waals surface area (Å²) in [5.74, 6) is 0.112. The van der Waals surface area contributed by atoms with E-state index in [0.717, 1.165) is 24.1 Å². The Bertz CT molecular complexity index is 401. The molecule has 106 valence electrons. The fraction of sp³-hybridized carbons (Fsp3) is 0.562. The van der Waals surface area contributed by atoms with Gasteiger partial charge >= 0.3 is 0 Å². The van der Waals surface area contributed by atoms with Crippen LogP contribution in [-0.2, 0) is 6.54 Å². The lowest BCUT2D eigenvalue weighted by atomic mass is 10.1. The van der Waals surface area contributed by atoms with E-state index in [-0.39, 0.29) is 11.9 Å². The number of carbonyl (C=O) groups is 1. The predicted molar refractivity (Wildman–Crippen MR) is 80.0 cm³/mol. The van der Waals surface area contributed by atoms with Crippen LogP contribution in [0.5, 0.6) is 0 Å². The Morgan fingerprint density at radius 3 is 2.63 bits per heavy atom. The molecule has 1 aromatic rings. The SMILES string of the molecule is CCCCCN(C(=O)c1cccc(CN)c1)C(C)C. The molecular weight excluding hydrogens is 236 g/mol. The van der Waals surface area contributed by atoms with Crippen molar-refractivity contribution in [3.05, 3.63) is 35.4 Å². The van der Waals surface area contributed by atoms with Gasteiger partial charge in [-0.25, -0.2) is 0 Å². The van der Waals surface area contributed by atoms with Crippen LogP contribution in [0, 0.1) is 0 Å². The minimum atomic E-state index is 0.112. The molecule has 0 spiro atoms. The van der Waals surface area contributed by atoms with E-state index >= 15 is 0 Å². The molecule has 0 fully saturated rings. The number of rotatable bonds is 7. The van der Waals surface area contributed by atoms with Crippen LogP contribution in [0.25, 0.3) is 0 Å². The maximum atomic E-state index is 12.5. The van der Waals surface area contributed by atoms with Crippen molar-refractivity contribution >= 4 is 5.91 Å². The van der Waals surface area contributed by atoms with Gasteiger partial charge in [0, 0.05) is 24.7 Å². The third-order valence-corrected chi connectivity index (χ3v) is 3.30. The second-order valence-corrected chi connectivity index (χ2v) is 5.20. The molecule has 1 aromatic carbocycles. The highest BCUT2D eigenvalue weighted by molar-refractivity contribution is 5.94. The first-order valence-electron chi connectivity index (χ1n) is 7.20. The number of hydrogen-bond donors (Lipinski definition) is 1. The lowest BCUT2D eigenvalue weighted by Crippen LogP contribution is -2.37. The van der Waals surface area contributed by atoms with E-state index in [1.165, 1.54) is 12.8 Å². The average Bonchev–Trinajstić information content (AvgIpc) is 2.42. The molecule has 0 aliphatic rings. The van der Waals surface area contributed by atoms with Crippen molar-refractivity contribution in [2.45, 2.75) is 52.6 Å². The van der Waals surface area contributed by atoms with Crippen molar-refractivity contribution in [1.29, 1.82) is 0 Å². The Balaban J connectivity index is 2.80. The van der Waals surface area contributed by atoms with Crippen molar-refractivity contribution in [3.63, 3.8) is 0 Å². The smallest absolute Gasteiger partial charge is 0.254 e. The molecule has 3 nitrogen and oxygen atoms in total. The summed E-state index contributed by atoms with van der Waals surface area (Å²) in [6.45, 7) is 7.61. The maximum Gasteiger partial charge on any atom is 0.254 e. The van der Waals surface area contributed by atoms with E-state index in [4.69, 9.17) is 5.73 Å². The summed E-state index contributed by atoms with van der Waals surface area (Å²) in [4.78, 5) is 14.5. The maximum absolute atomic E-state index is 12.5. The highest BCUT2D eigenvalue weighted by Crippen LogP contribution is 2.12. The second-order valence-electron chi connectivity index (χ2n) is 5.20. The molecule has 19 heavy (non-hydrogen) atoms. The van der Waals surface area contributed by atoms with E-state index in [2.05, 4.69) is 20.8 Å². The van der Waals surface area contributed by atoms with Gasteiger partial charge in [0.2, 0.25) is 0 Å². The number of hydrogen-bond acceptors (Lipinski definition) is 2. The number of benzene rings is 1. The van der Waals surface area contributed by atoms with Crippen LogP contribution in [0.1, 0.15) is 56.0 Å². The highest BCUT2D eigenvalue weighted by atomic mass is 16.2. The summed E-state index contributed by atoms with van der Waals surface area (Å²) in [6, 6.07) is 7.85. The van der Waals surface area contributed by atoms with Gasteiger partial charge in [-0.3, -0.25) is 4.79 Å². The molecule has 1 amide bonds. The molecule has 3 heteroatoms. The zero-order valence-corrected chi connectivity index (χ0v) is 12.4. The lowest BCUT2D eigenvalue weighted by Gasteiger charge is -2.27. The van der Waals surface area contributed by atoms with Crippen LogP contribution in [0.4, 0.5) is 0 Å². The van der Waals surface area contributed by atoms with Crippen molar-refractivity contribution < 1.29 is 4.79 Å². The van der Waals surface area contributed by atoms with Crippen molar-refractivity contribution in [2.75, 3.05) is 6.54 Å². The number of carbonyl (C=O) groups excluding carboxylic acids is 1. The number of amides is 1. The molecule has 0 saturated carbocycles. The Hall–Kier alpha value is -1.35. The lowest BCUT2D eigenvalue weighted by molar-refractivity contribution is 0.0702. The second kappa shape index (κ2) is 7.95. The minimum absolute atomic E-state index is 0.112. The van der Waals surface area contributed by atoms with Crippen molar-refractivity contribution in [2.24, 2.45) is 5.73 Å². The van der Waals surface area contributed by atoms with E-state index in [0.29, 0.717) is 6.54 Å². The summed E-state index contributed by atoms with van der Waals surface area (Å²) in [6.07, 6.45) is 3.40. The summed E-state index contributed by atoms with van der Waals surface area (Å²) in [7, 11) is 0. The quantitative estimate of drug-likeness (QED) is 0.767. The monoisotopic (exact) mass is 262 g/mol. The van der Waals surface area contributed by atoms with Gasteiger partial charge < -0.3 is 10.6 Å². The Morgan fingerprint density at radius 2 is 2.05 bits per heavy atom. The molecule has 0 radical (unpaired) electrons. The number of nitrogens with zero attached hydrogens (tertiary/aromatic N) is 1. The standard InChI is InChI=1S/C16H26N2O/c1-4-5-6-10-18(13(2)3)16(19)15-9-7-8-14(11-15)12-17/h7-9,11,13H,4-6,10,12,17H2,1-3H3. The fourth-order valence-electron chi connectivity index (χ4n) is 2.12. The molecule has 2 N–H and O–H groups in total. The van der Waals surface area contributed by atoms with Crippen LogP contribution in [0.3, 0.4) is 0 Å². The van der Waals surface area contributed by atoms with Crippen LogP contribution in [0.2, 0.25) is 0 Å². The molecule has 0 heterocycles. The van der Waals surface area contributed by atoms with Gasteiger partial charge in [-0.15, -0.1) is 0 Å². The molecule has 0 unspecified atom stereocenters. The van der Waals surface area contributed by atoms with Gasteiger partial charge in [0.1, 0.15) is 0 Å². The van der Waals surface area contributed by atoms with Crippen molar-refractivity contribution in [1.82, 2.24) is 4.90 Å². The normalized spacial score (nSPS) is 10.8. The van der Waals surface area contributed by atoms with Crippen LogP contribution < -0.4 is 5.73 Å². The zero-order valence-electron chi connectivity index (χ0n) is 12.4. The first-order valence-corrected chi connectivity index (χ1v) is 7.20.